The molecule has 7 heavy (non-hydrogen) atoms. The van der Waals surface area contributed by atoms with Crippen LogP contribution in [-0.2, 0) is 4.74 Å². The molecule has 0 bridgehead atoms. The van der Waals surface area contributed by atoms with Crippen LogP contribution in [0.2, 0.25) is 0 Å². The van der Waals surface area contributed by atoms with Crippen LogP contribution in [0.1, 0.15) is 0 Å². The second-order valence-electron chi connectivity index (χ2n) is 1.08. The van der Waals surface area contributed by atoms with Crippen molar-refractivity contribution in [2.75, 3.05) is 13.2 Å². The van der Waals surface area contributed by atoms with Crippen molar-refractivity contribution in [1.82, 2.24) is 0 Å². The van der Waals surface area contributed by atoms with Crippen molar-refractivity contribution in [3.05, 3.63) is 25.3 Å². The Kier molecular flexibility index (Phi) is 5.00. The van der Waals surface area contributed by atoms with E-state index in [0.29, 0.717) is 0 Å². The third-order valence-electron chi connectivity index (χ3n) is 0.371. The molecule has 1 aliphatic heterocycles. The Bertz CT molecular complexity index is 46.4. The normalized spacial score (nSPS) is 13.1. The van der Waals surface area contributed by atoms with Gasteiger partial charge in [-0.15, -0.1) is 0 Å². The van der Waals surface area contributed by atoms with Gasteiger partial charge in [-0.05, 0) is 0 Å². The van der Waals surface area contributed by atoms with Crippen molar-refractivity contribution in [2.45, 2.75) is 0 Å². The molecule has 1 rings (SSSR count). The van der Waals surface area contributed by atoms with E-state index >= 15 is 0 Å². The molecule has 0 amide bonds. The highest BCUT2D eigenvalue weighted by atomic mass is 16.6. The molecule has 0 aromatic carbocycles. The van der Waals surface area contributed by atoms with E-state index in [-0.39, 0.29) is 0 Å². The number of hydrogen-bond donors (Lipinski definition) is 0. The maximum atomic E-state index is 4.50. The Morgan fingerprint density at radius 2 is 1.43 bits per heavy atom. The summed E-state index contributed by atoms with van der Waals surface area (Å²) in [7, 11) is 0. The zero-order valence-electron chi connectivity index (χ0n) is 4.39. The van der Waals surface area contributed by atoms with Crippen molar-refractivity contribution >= 4 is 0 Å². The maximum absolute atomic E-state index is 4.50. The Hall–Kier alpha value is -0.560. The van der Waals surface area contributed by atoms with Gasteiger partial charge in [0, 0.05) is 0 Å². The molecule has 0 radical (unpaired) electrons. The summed E-state index contributed by atoms with van der Waals surface area (Å²) in [5.41, 5.74) is 0. The number of hydrogen-bond acceptors (Lipinski definition) is 1. The van der Waals surface area contributed by atoms with E-state index in [0.717, 1.165) is 13.2 Å². The Balaban J connectivity index is 0.000000105. The standard InChI is InChI=1S/C4H6.C2H4O/c1-3-4-2;1-2-3-1/h3-4H,1-2H2;1-2H2. The number of epoxide rings is 1. The van der Waals surface area contributed by atoms with Gasteiger partial charge < -0.3 is 4.74 Å². The highest BCUT2D eigenvalue weighted by Gasteiger charge is 1.94. The molecular formula is C6H10O. The minimum atomic E-state index is 1.00. The fourth-order valence-corrected chi connectivity index (χ4v) is 0. The molecule has 0 unspecified atom stereocenters. The fraction of sp³-hybridized carbons (Fsp3) is 0.333. The second-order valence-corrected chi connectivity index (χ2v) is 1.08. The summed E-state index contributed by atoms with van der Waals surface area (Å²) in [6.07, 6.45) is 3.28. The van der Waals surface area contributed by atoms with Gasteiger partial charge in [-0.3, -0.25) is 0 Å². The van der Waals surface area contributed by atoms with E-state index < -0.39 is 0 Å². The average Bonchev–Trinajstić information content (AvgIpc) is 2.47. The number of rotatable bonds is 1. The van der Waals surface area contributed by atoms with Crippen LogP contribution < -0.4 is 0 Å². The summed E-state index contributed by atoms with van der Waals surface area (Å²) in [5.74, 6) is 0. The summed E-state index contributed by atoms with van der Waals surface area (Å²) >= 11 is 0. The summed E-state index contributed by atoms with van der Waals surface area (Å²) < 4.78 is 4.50. The number of allylic oxidation sites excluding steroid dienone is 2. The van der Waals surface area contributed by atoms with E-state index in [2.05, 4.69) is 17.9 Å². The zero-order valence-corrected chi connectivity index (χ0v) is 4.39. The lowest BCUT2D eigenvalue weighted by atomic mass is 10.6. The van der Waals surface area contributed by atoms with Gasteiger partial charge in [0.2, 0.25) is 0 Å². The minimum Gasteiger partial charge on any atom is -0.377 e. The highest BCUT2D eigenvalue weighted by molar-refractivity contribution is 4.88. The SMILES string of the molecule is C1CO1.C=CC=C. The molecule has 0 N–H and O–H groups in total. The third-order valence-corrected chi connectivity index (χ3v) is 0.371. The molecule has 0 aromatic heterocycles. The van der Waals surface area contributed by atoms with Gasteiger partial charge in [0.25, 0.3) is 0 Å². The maximum Gasteiger partial charge on any atom is 0.0701 e. The molecule has 0 aromatic rings. The molecule has 40 valence electrons. The van der Waals surface area contributed by atoms with E-state index in [1.807, 2.05) is 0 Å². The van der Waals surface area contributed by atoms with Crippen molar-refractivity contribution in [3.8, 4) is 0 Å². The first-order valence-corrected chi connectivity index (χ1v) is 2.23. The third kappa shape index (κ3) is 31.0. The van der Waals surface area contributed by atoms with Gasteiger partial charge in [-0.1, -0.05) is 25.3 Å². The molecule has 1 heterocycles. The second kappa shape index (κ2) is 5.44. The zero-order chi connectivity index (χ0) is 5.54. The average molecular weight is 98.1 g/mol. The van der Waals surface area contributed by atoms with Crippen molar-refractivity contribution < 1.29 is 4.74 Å². The van der Waals surface area contributed by atoms with Crippen LogP contribution in [0.25, 0.3) is 0 Å². The first kappa shape index (κ1) is 6.44. The van der Waals surface area contributed by atoms with Crippen LogP contribution in [0.15, 0.2) is 25.3 Å². The molecular weight excluding hydrogens is 88.1 g/mol. The van der Waals surface area contributed by atoms with Crippen LogP contribution in [0.3, 0.4) is 0 Å². The molecule has 1 saturated heterocycles. The van der Waals surface area contributed by atoms with Crippen molar-refractivity contribution in [1.29, 1.82) is 0 Å². The van der Waals surface area contributed by atoms with Crippen LogP contribution in [0, 0.1) is 0 Å². The van der Waals surface area contributed by atoms with Gasteiger partial charge in [-0.2, -0.15) is 0 Å². The van der Waals surface area contributed by atoms with E-state index in [9.17, 15) is 0 Å². The van der Waals surface area contributed by atoms with E-state index in [1.54, 1.807) is 12.2 Å². The van der Waals surface area contributed by atoms with Crippen molar-refractivity contribution in [3.63, 3.8) is 0 Å². The lowest BCUT2D eigenvalue weighted by molar-refractivity contribution is 0.475. The smallest absolute Gasteiger partial charge is 0.0701 e. The van der Waals surface area contributed by atoms with Gasteiger partial charge >= 0.3 is 0 Å². The van der Waals surface area contributed by atoms with Gasteiger partial charge in [0.15, 0.2) is 0 Å². The molecule has 0 atom stereocenters. The lowest BCUT2D eigenvalue weighted by Crippen LogP contribution is -1.21. The van der Waals surface area contributed by atoms with Gasteiger partial charge in [0.05, 0.1) is 13.2 Å². The van der Waals surface area contributed by atoms with Crippen LogP contribution in [0.5, 0.6) is 0 Å². The van der Waals surface area contributed by atoms with Gasteiger partial charge in [0.1, 0.15) is 0 Å². The monoisotopic (exact) mass is 98.1 g/mol. The molecule has 1 fully saturated rings. The first-order valence-electron chi connectivity index (χ1n) is 2.23. The van der Waals surface area contributed by atoms with Crippen LogP contribution >= 0.6 is 0 Å². The van der Waals surface area contributed by atoms with Crippen LogP contribution in [0.4, 0.5) is 0 Å². The summed E-state index contributed by atoms with van der Waals surface area (Å²) in [4.78, 5) is 0. The molecule has 1 nitrogen and oxygen atoms in total. The predicted octanol–water partition coefficient (Wildman–Crippen LogP) is 1.37. The molecule has 1 aliphatic rings. The molecule has 0 spiro atoms. The Labute approximate surface area is 44.3 Å². The Morgan fingerprint density at radius 3 is 1.43 bits per heavy atom. The predicted molar refractivity (Wildman–Crippen MR) is 31.2 cm³/mol. The quantitative estimate of drug-likeness (QED) is 0.356. The fourth-order valence-electron chi connectivity index (χ4n) is 0. The minimum absolute atomic E-state index is 1.00. The summed E-state index contributed by atoms with van der Waals surface area (Å²) in [6.45, 7) is 8.72. The molecule has 1 heteroatoms. The van der Waals surface area contributed by atoms with E-state index in [1.165, 1.54) is 0 Å². The highest BCUT2D eigenvalue weighted by Crippen LogP contribution is 1.84. The first-order chi connectivity index (χ1) is 3.41. The van der Waals surface area contributed by atoms with Crippen molar-refractivity contribution in [2.24, 2.45) is 0 Å². The lowest BCUT2D eigenvalue weighted by Gasteiger charge is -1.44. The molecule has 0 aliphatic carbocycles. The largest absolute Gasteiger partial charge is 0.377 e. The molecule has 0 saturated carbocycles. The Morgan fingerprint density at radius 1 is 1.14 bits per heavy atom. The van der Waals surface area contributed by atoms with Gasteiger partial charge in [-0.25, -0.2) is 0 Å². The van der Waals surface area contributed by atoms with E-state index in [4.69, 9.17) is 0 Å². The number of ether oxygens (including phenoxy) is 1. The van der Waals surface area contributed by atoms with Crippen LogP contribution in [-0.4, -0.2) is 13.2 Å². The summed E-state index contributed by atoms with van der Waals surface area (Å²) in [5, 5.41) is 0. The summed E-state index contributed by atoms with van der Waals surface area (Å²) in [6, 6.07) is 0. The topological polar surface area (TPSA) is 12.5 Å².